The van der Waals surface area contributed by atoms with Gasteiger partial charge >= 0.3 is 6.03 Å². The van der Waals surface area contributed by atoms with Crippen LogP contribution >= 0.6 is 0 Å². The van der Waals surface area contributed by atoms with Gasteiger partial charge in [-0.3, -0.25) is 9.69 Å². The molecule has 3 amide bonds. The molecule has 266 valence electrons. The Hall–Kier alpha value is -1.46. The molecule has 5 atom stereocenters. The van der Waals surface area contributed by atoms with Crippen LogP contribution in [0.4, 0.5) is 4.79 Å². The van der Waals surface area contributed by atoms with Crippen LogP contribution in [0.1, 0.15) is 155 Å². The van der Waals surface area contributed by atoms with Crippen molar-refractivity contribution in [2.75, 3.05) is 26.2 Å². The first-order valence-electron chi connectivity index (χ1n) is 18.6. The largest absolute Gasteiger partial charge is 0.394 e. The summed E-state index contributed by atoms with van der Waals surface area (Å²) in [5.74, 6) is -0.530. The fourth-order valence-corrected chi connectivity index (χ4v) is 6.14. The fraction of sp³-hybridized carbons (Fsp3) is 0.943. The molecule has 45 heavy (non-hydrogen) atoms. The maximum Gasteiger partial charge on any atom is 0.319 e. The van der Waals surface area contributed by atoms with Crippen molar-refractivity contribution in [1.29, 1.82) is 0 Å². The number of nitrogens with two attached hydrogens (primary N) is 1. The molecule has 7 N–H and O–H groups in total. The second kappa shape index (κ2) is 27.6. The van der Waals surface area contributed by atoms with Crippen LogP contribution in [-0.4, -0.2) is 89.0 Å². The van der Waals surface area contributed by atoms with E-state index >= 15 is 0 Å². The number of nitrogens with one attached hydrogen (secondary N) is 2. The highest BCUT2D eigenvalue weighted by Gasteiger charge is 2.48. The van der Waals surface area contributed by atoms with Crippen molar-refractivity contribution in [3.8, 4) is 0 Å². The van der Waals surface area contributed by atoms with Crippen molar-refractivity contribution in [3.63, 3.8) is 0 Å². The van der Waals surface area contributed by atoms with Gasteiger partial charge in [0.2, 0.25) is 5.91 Å². The van der Waals surface area contributed by atoms with Crippen molar-refractivity contribution in [2.45, 2.75) is 186 Å². The molecule has 0 radical (unpaired) electrons. The van der Waals surface area contributed by atoms with E-state index in [-0.39, 0.29) is 12.6 Å². The summed E-state index contributed by atoms with van der Waals surface area (Å²) >= 11 is 0. The SMILES string of the molecule is CCCCCCCCCCCCCCNC(=O)N(CCCCCCCCCCCC)[C@@H]1O[C@H](CO)[C@H](O)[C@H](O)[C@H]1NC(=O)CN. The van der Waals surface area contributed by atoms with Gasteiger partial charge in [0.15, 0.2) is 6.23 Å². The van der Waals surface area contributed by atoms with Crippen LogP contribution in [0.2, 0.25) is 0 Å². The second-order valence-electron chi connectivity index (χ2n) is 13.0. The molecule has 1 aliphatic heterocycles. The van der Waals surface area contributed by atoms with E-state index in [1.54, 1.807) is 0 Å². The Balaban J connectivity index is 2.62. The van der Waals surface area contributed by atoms with Gasteiger partial charge in [-0.15, -0.1) is 0 Å². The molecule has 10 nitrogen and oxygen atoms in total. The molecule has 1 saturated heterocycles. The number of urea groups is 1. The molecule has 0 aromatic heterocycles. The molecule has 0 saturated carbocycles. The van der Waals surface area contributed by atoms with Crippen molar-refractivity contribution in [2.24, 2.45) is 5.73 Å². The highest BCUT2D eigenvalue weighted by molar-refractivity contribution is 5.78. The molecule has 0 bridgehead atoms. The third kappa shape index (κ3) is 18.5. The summed E-state index contributed by atoms with van der Waals surface area (Å²) in [6.45, 7) is 4.52. The lowest BCUT2D eigenvalue weighted by molar-refractivity contribution is -0.224. The summed E-state index contributed by atoms with van der Waals surface area (Å²) in [4.78, 5) is 27.2. The number of amides is 3. The van der Waals surface area contributed by atoms with Crippen LogP contribution in [0.5, 0.6) is 0 Å². The molecule has 0 aromatic rings. The zero-order valence-electron chi connectivity index (χ0n) is 28.9. The third-order valence-corrected chi connectivity index (χ3v) is 9.04. The van der Waals surface area contributed by atoms with Gasteiger partial charge in [-0.05, 0) is 12.8 Å². The lowest BCUT2D eigenvalue weighted by Crippen LogP contribution is -2.69. The van der Waals surface area contributed by atoms with Gasteiger partial charge in [0.1, 0.15) is 24.4 Å². The van der Waals surface area contributed by atoms with Crippen LogP contribution in [0.15, 0.2) is 0 Å². The van der Waals surface area contributed by atoms with Crippen molar-refractivity contribution >= 4 is 11.9 Å². The van der Waals surface area contributed by atoms with Gasteiger partial charge in [-0.2, -0.15) is 0 Å². The lowest BCUT2D eigenvalue weighted by atomic mass is 9.95. The normalized spacial score (nSPS) is 21.5. The molecule has 1 aliphatic rings. The Kier molecular flexibility index (Phi) is 25.5. The summed E-state index contributed by atoms with van der Waals surface area (Å²) in [5.41, 5.74) is 5.51. The summed E-state index contributed by atoms with van der Waals surface area (Å²) in [6.07, 6.45) is 21.4. The first kappa shape index (κ1) is 41.6. The third-order valence-electron chi connectivity index (χ3n) is 9.04. The molecular weight excluding hydrogens is 572 g/mol. The van der Waals surface area contributed by atoms with Crippen LogP contribution in [0.3, 0.4) is 0 Å². The summed E-state index contributed by atoms with van der Waals surface area (Å²) in [6, 6.07) is -1.43. The number of aliphatic hydroxyl groups excluding tert-OH is 3. The molecular formula is C35H70N4O6. The summed E-state index contributed by atoms with van der Waals surface area (Å²) in [7, 11) is 0. The molecule has 0 unspecified atom stereocenters. The number of unbranched alkanes of at least 4 members (excludes halogenated alkanes) is 20. The fourth-order valence-electron chi connectivity index (χ4n) is 6.14. The van der Waals surface area contributed by atoms with Gasteiger partial charge in [-0.1, -0.05) is 142 Å². The number of carbonyl (C=O) groups is 2. The molecule has 0 aromatic carbocycles. The number of carbonyl (C=O) groups excluding carboxylic acids is 2. The molecule has 1 rings (SSSR count). The van der Waals surface area contributed by atoms with Crippen molar-refractivity contribution < 1.29 is 29.6 Å². The maximum absolute atomic E-state index is 13.5. The van der Waals surface area contributed by atoms with E-state index < -0.39 is 43.1 Å². The standard InChI is InChI=1S/C35H70N4O6/c1-3-5-7-9-11-13-15-16-17-19-21-23-25-37-35(44)39(26-24-22-20-18-14-12-10-8-6-4-2)34-31(38-30(41)27-36)33(43)32(42)29(28-40)45-34/h29,31-34,40,42-43H,3-28,36H2,1-2H3,(H,37,44)(H,38,41)/t29-,31-,32+,33-,34-/m1/s1. The lowest BCUT2D eigenvalue weighted by Gasteiger charge is -2.46. The number of hydrogen-bond donors (Lipinski definition) is 6. The zero-order chi connectivity index (χ0) is 33.1. The van der Waals surface area contributed by atoms with Crippen LogP contribution in [0.25, 0.3) is 0 Å². The number of nitrogens with zero attached hydrogens (tertiary/aromatic N) is 1. The Labute approximate surface area is 274 Å². The predicted octanol–water partition coefficient (Wildman–Crippen LogP) is 5.50. The number of ether oxygens (including phenoxy) is 1. The Morgan fingerprint density at radius 1 is 0.689 bits per heavy atom. The molecule has 0 spiro atoms. The van der Waals surface area contributed by atoms with Crippen LogP contribution < -0.4 is 16.4 Å². The Bertz CT molecular complexity index is 730. The highest BCUT2D eigenvalue weighted by atomic mass is 16.5. The number of hydrogen-bond acceptors (Lipinski definition) is 7. The van der Waals surface area contributed by atoms with E-state index in [1.807, 2.05) is 0 Å². The number of rotatable bonds is 28. The zero-order valence-corrected chi connectivity index (χ0v) is 28.9. The quantitative estimate of drug-likeness (QED) is 0.0615. The highest BCUT2D eigenvalue weighted by Crippen LogP contribution is 2.25. The minimum Gasteiger partial charge on any atom is -0.394 e. The first-order chi connectivity index (χ1) is 21.9. The number of aliphatic hydroxyl groups is 3. The first-order valence-corrected chi connectivity index (χ1v) is 18.6. The second-order valence-corrected chi connectivity index (χ2v) is 13.0. The molecule has 0 aliphatic carbocycles. The average Bonchev–Trinajstić information content (AvgIpc) is 3.04. The minimum atomic E-state index is -1.43. The van der Waals surface area contributed by atoms with E-state index in [0.717, 1.165) is 44.9 Å². The smallest absolute Gasteiger partial charge is 0.319 e. The minimum absolute atomic E-state index is 0.306. The van der Waals surface area contributed by atoms with Gasteiger partial charge in [0.05, 0.1) is 13.2 Å². The molecule has 1 heterocycles. The topological polar surface area (TPSA) is 157 Å². The van der Waals surface area contributed by atoms with Crippen molar-refractivity contribution in [3.05, 3.63) is 0 Å². The van der Waals surface area contributed by atoms with Crippen LogP contribution in [0, 0.1) is 0 Å². The predicted molar refractivity (Wildman–Crippen MR) is 182 cm³/mol. The Morgan fingerprint density at radius 2 is 1.13 bits per heavy atom. The maximum atomic E-state index is 13.5. The van der Waals surface area contributed by atoms with E-state index in [4.69, 9.17) is 10.5 Å². The van der Waals surface area contributed by atoms with E-state index in [9.17, 15) is 24.9 Å². The van der Waals surface area contributed by atoms with Crippen molar-refractivity contribution in [1.82, 2.24) is 15.5 Å². The van der Waals surface area contributed by atoms with Gasteiger partial charge < -0.3 is 36.4 Å². The molecule has 10 heteroatoms. The Morgan fingerprint density at radius 3 is 1.58 bits per heavy atom. The van der Waals surface area contributed by atoms with E-state index in [0.29, 0.717) is 13.1 Å². The summed E-state index contributed by atoms with van der Waals surface area (Å²) < 4.78 is 5.97. The molecule has 1 fully saturated rings. The van der Waals surface area contributed by atoms with E-state index in [2.05, 4.69) is 24.5 Å². The monoisotopic (exact) mass is 643 g/mol. The van der Waals surface area contributed by atoms with E-state index in [1.165, 1.54) is 101 Å². The summed E-state index contributed by atoms with van der Waals surface area (Å²) in [5, 5.41) is 36.8. The van der Waals surface area contributed by atoms with Crippen LogP contribution in [-0.2, 0) is 9.53 Å². The van der Waals surface area contributed by atoms with Gasteiger partial charge in [0.25, 0.3) is 0 Å². The van der Waals surface area contributed by atoms with Gasteiger partial charge in [0, 0.05) is 13.1 Å². The average molecular weight is 643 g/mol. The van der Waals surface area contributed by atoms with Gasteiger partial charge in [-0.25, -0.2) is 4.79 Å².